The minimum Gasteiger partial charge on any atom is -0.0788 e. The van der Waals surface area contributed by atoms with Crippen molar-refractivity contribution in [2.45, 2.75) is 67.2 Å². The van der Waals surface area contributed by atoms with Crippen LogP contribution in [-0.2, 0) is 11.8 Å². The smallest absolute Gasteiger partial charge is 0.0521 e. The molecule has 6 rings (SSSR count). The van der Waals surface area contributed by atoms with Gasteiger partial charge in [0.1, 0.15) is 0 Å². The summed E-state index contributed by atoms with van der Waals surface area (Å²) in [5, 5.41) is 0. The lowest BCUT2D eigenvalue weighted by atomic mass is 9.78. The molecule has 0 nitrogen and oxygen atoms in total. The Bertz CT molecular complexity index is 1720. The van der Waals surface area contributed by atoms with Crippen LogP contribution in [0.3, 0.4) is 0 Å². The van der Waals surface area contributed by atoms with Crippen LogP contribution in [-0.4, -0.2) is 4.86 Å². The minimum atomic E-state index is 0.0708. The summed E-state index contributed by atoms with van der Waals surface area (Å²) in [5.41, 5.74) is 15.6. The highest BCUT2D eigenvalue weighted by Crippen LogP contribution is 2.31. The molecule has 0 saturated carbocycles. The van der Waals surface area contributed by atoms with E-state index in [1.807, 2.05) is 0 Å². The van der Waals surface area contributed by atoms with Crippen molar-refractivity contribution in [3.63, 3.8) is 0 Å². The zero-order valence-electron chi connectivity index (χ0n) is 30.0. The van der Waals surface area contributed by atoms with E-state index in [-0.39, 0.29) is 5.41 Å². The molecule has 0 bridgehead atoms. The van der Waals surface area contributed by atoms with E-state index in [1.54, 1.807) is 0 Å². The Kier molecular flexibility index (Phi) is 12.8. The van der Waals surface area contributed by atoms with E-state index >= 15 is 0 Å². The lowest BCUT2D eigenvalue weighted by Crippen LogP contribution is -2.18. The fraction of sp³-hybridized carbons (Fsp3) is 0.213. The van der Waals surface area contributed by atoms with Gasteiger partial charge in [-0.3, -0.25) is 0 Å². The van der Waals surface area contributed by atoms with Gasteiger partial charge < -0.3 is 0 Å². The number of hydrogen-bond donors (Lipinski definition) is 0. The van der Waals surface area contributed by atoms with E-state index in [0.717, 1.165) is 22.4 Å². The molecule has 6 aromatic rings. The summed E-state index contributed by atoms with van der Waals surface area (Å²) in [4.78, 5) is 0.917. The number of aryl methyl sites for hydroxylation is 6. The summed E-state index contributed by atoms with van der Waals surface area (Å²) in [7, 11) is 0. The van der Waals surface area contributed by atoms with Crippen molar-refractivity contribution >= 4 is 17.1 Å². The SMILES string of the molecule is Cc1ccc(C(=S)c2ccc(C)cc2)cc1.Cc1ccc(C(C)(C)c2ccc(C)cc2)cc1.Cc1ccc(Cc2ccc(C)cc2)cc1. The number of benzene rings is 6. The van der Waals surface area contributed by atoms with Gasteiger partial charge in [0.2, 0.25) is 0 Å². The summed E-state index contributed by atoms with van der Waals surface area (Å²) in [5.74, 6) is 0. The van der Waals surface area contributed by atoms with Gasteiger partial charge in [-0.25, -0.2) is 0 Å². The molecule has 1 heteroatoms. The highest BCUT2D eigenvalue weighted by molar-refractivity contribution is 7.81. The molecule has 0 atom stereocenters. The highest BCUT2D eigenvalue weighted by atomic mass is 32.1. The maximum absolute atomic E-state index is 5.47. The molecule has 0 aliphatic heterocycles. The van der Waals surface area contributed by atoms with Crippen molar-refractivity contribution < 1.29 is 0 Å². The van der Waals surface area contributed by atoms with Gasteiger partial charge in [-0.1, -0.05) is 205 Å². The maximum atomic E-state index is 5.47. The minimum absolute atomic E-state index is 0.0708. The molecular weight excluding hydrogens is 597 g/mol. The molecule has 244 valence electrons. The van der Waals surface area contributed by atoms with Crippen LogP contribution in [0.2, 0.25) is 0 Å². The van der Waals surface area contributed by atoms with E-state index in [4.69, 9.17) is 12.2 Å². The van der Waals surface area contributed by atoms with Gasteiger partial charge in [0, 0.05) is 5.41 Å². The lowest BCUT2D eigenvalue weighted by molar-refractivity contribution is 0.640. The van der Waals surface area contributed by atoms with Crippen LogP contribution in [0.4, 0.5) is 0 Å². The van der Waals surface area contributed by atoms with Gasteiger partial charge in [-0.2, -0.15) is 0 Å². The Balaban J connectivity index is 0.000000163. The first-order chi connectivity index (χ1) is 22.9. The monoisotopic (exact) mass is 646 g/mol. The zero-order valence-corrected chi connectivity index (χ0v) is 30.8. The van der Waals surface area contributed by atoms with Crippen LogP contribution in [0.25, 0.3) is 0 Å². The third kappa shape index (κ3) is 10.7. The second-order valence-electron chi connectivity index (χ2n) is 13.6. The topological polar surface area (TPSA) is 0 Å². The van der Waals surface area contributed by atoms with Crippen LogP contribution >= 0.6 is 12.2 Å². The molecule has 0 radical (unpaired) electrons. The molecule has 0 aromatic heterocycles. The normalized spacial score (nSPS) is 10.7. The molecule has 0 aliphatic carbocycles. The molecule has 0 saturated heterocycles. The molecule has 6 aromatic carbocycles. The lowest BCUT2D eigenvalue weighted by Gasteiger charge is -2.26. The van der Waals surface area contributed by atoms with Gasteiger partial charge in [0.15, 0.2) is 0 Å². The Morgan fingerprint density at radius 1 is 0.375 bits per heavy atom. The van der Waals surface area contributed by atoms with Crippen molar-refractivity contribution in [2.75, 3.05) is 0 Å². The molecule has 0 unspecified atom stereocenters. The predicted octanol–water partition coefficient (Wildman–Crippen LogP) is 12.6. The molecule has 0 heterocycles. The molecule has 0 fully saturated rings. The fourth-order valence-electron chi connectivity index (χ4n) is 5.33. The van der Waals surface area contributed by atoms with Crippen molar-refractivity contribution in [2.24, 2.45) is 0 Å². The van der Waals surface area contributed by atoms with Crippen LogP contribution in [0.5, 0.6) is 0 Å². The predicted molar refractivity (Wildman–Crippen MR) is 213 cm³/mol. The molecule has 0 amide bonds. The van der Waals surface area contributed by atoms with Crippen molar-refractivity contribution in [1.29, 1.82) is 0 Å². The summed E-state index contributed by atoms with van der Waals surface area (Å²) in [6.45, 7) is 17.2. The summed E-state index contributed by atoms with van der Waals surface area (Å²) in [6, 6.07) is 51.9. The van der Waals surface area contributed by atoms with Gasteiger partial charge >= 0.3 is 0 Å². The second kappa shape index (κ2) is 17.0. The van der Waals surface area contributed by atoms with Crippen LogP contribution < -0.4 is 0 Å². The van der Waals surface area contributed by atoms with E-state index in [2.05, 4.69) is 201 Å². The van der Waals surface area contributed by atoms with Gasteiger partial charge in [-0.15, -0.1) is 0 Å². The fourth-order valence-corrected chi connectivity index (χ4v) is 5.60. The Morgan fingerprint density at radius 3 is 0.875 bits per heavy atom. The van der Waals surface area contributed by atoms with Gasteiger partial charge in [-0.05, 0) is 81.3 Å². The van der Waals surface area contributed by atoms with Crippen LogP contribution in [0.1, 0.15) is 80.6 Å². The first-order valence-corrected chi connectivity index (χ1v) is 17.2. The van der Waals surface area contributed by atoms with E-state index in [1.165, 1.54) is 55.6 Å². The van der Waals surface area contributed by atoms with Crippen molar-refractivity contribution in [3.8, 4) is 0 Å². The molecule has 0 aliphatic rings. The summed E-state index contributed by atoms with van der Waals surface area (Å²) in [6.07, 6.45) is 1.03. The second-order valence-corrected chi connectivity index (χ2v) is 14.0. The Morgan fingerprint density at radius 2 is 0.604 bits per heavy atom. The van der Waals surface area contributed by atoms with Crippen molar-refractivity contribution in [1.82, 2.24) is 0 Å². The molecule has 48 heavy (non-hydrogen) atoms. The van der Waals surface area contributed by atoms with Crippen LogP contribution in [0, 0.1) is 41.5 Å². The number of rotatable bonds is 6. The van der Waals surface area contributed by atoms with Gasteiger partial charge in [0.05, 0.1) is 4.86 Å². The first-order valence-electron chi connectivity index (χ1n) is 16.8. The highest BCUT2D eigenvalue weighted by Gasteiger charge is 2.22. The van der Waals surface area contributed by atoms with Crippen molar-refractivity contribution in [3.05, 3.63) is 212 Å². The quantitative estimate of drug-likeness (QED) is 0.128. The summed E-state index contributed by atoms with van der Waals surface area (Å²) < 4.78 is 0. The molecular formula is C47H50S. The third-order valence-corrected chi connectivity index (χ3v) is 9.29. The maximum Gasteiger partial charge on any atom is 0.0521 e. The number of hydrogen-bond acceptors (Lipinski definition) is 1. The standard InChI is InChI=1S/C17H20.C15H14S.C15H16/c1-13-5-9-15(10-6-13)17(3,4)16-11-7-14(2)8-12-16;1-11-3-7-13(8-4-11)15(16)14-9-5-12(2)6-10-14;1-12-3-7-14(8-4-12)11-15-9-5-13(2)6-10-15/h5-12H,1-4H3;3-10H,1-2H3;3-10H,11H2,1-2H3. The average molecular weight is 647 g/mol. The first kappa shape index (κ1) is 36.2. The molecule has 0 spiro atoms. The van der Waals surface area contributed by atoms with E-state index < -0.39 is 0 Å². The average Bonchev–Trinajstić information content (AvgIpc) is 3.08. The van der Waals surface area contributed by atoms with Crippen LogP contribution in [0.15, 0.2) is 146 Å². The van der Waals surface area contributed by atoms with E-state index in [9.17, 15) is 0 Å². The van der Waals surface area contributed by atoms with E-state index in [0.29, 0.717) is 0 Å². The summed E-state index contributed by atoms with van der Waals surface area (Å²) >= 11 is 5.47. The third-order valence-electron chi connectivity index (χ3n) is 8.82. The largest absolute Gasteiger partial charge is 0.0788 e. The Hall–Kier alpha value is -4.59. The van der Waals surface area contributed by atoms with Gasteiger partial charge in [0.25, 0.3) is 0 Å². The molecule has 0 N–H and O–H groups in total. The zero-order chi connectivity index (χ0) is 34.7. The number of thiocarbonyl (C=S) groups is 1. The Labute approximate surface area is 295 Å².